The molecule has 1 amide bonds. The predicted octanol–water partition coefficient (Wildman–Crippen LogP) is 2.42. The fraction of sp³-hybridized carbons (Fsp3) is 0.571. The van der Waals surface area contributed by atoms with Gasteiger partial charge >= 0.3 is 0 Å². The molecule has 2 atom stereocenters. The number of hydrogen-bond acceptors (Lipinski definition) is 3. The standard InChI is InChI=1S/C14H20FN3O/c1-10-6-3-4-9-18(10)14(19)11(2)16-13-8-5-7-12(15)17-13/h5,7-8,10-11H,3-4,6,9H2,1-2H3,(H,16,17)/t10-,11-/m1/s1. The molecule has 0 aliphatic carbocycles. The van der Waals surface area contributed by atoms with Crippen LogP contribution in [0.25, 0.3) is 0 Å². The van der Waals surface area contributed by atoms with Gasteiger partial charge in [0.2, 0.25) is 11.9 Å². The molecule has 1 aliphatic rings. The van der Waals surface area contributed by atoms with Crippen LogP contribution in [0.1, 0.15) is 33.1 Å². The SMILES string of the molecule is C[C@@H]1CCCCN1C(=O)[C@@H](C)Nc1cccc(F)n1. The molecule has 1 aromatic heterocycles. The molecular weight excluding hydrogens is 245 g/mol. The third kappa shape index (κ3) is 3.43. The first-order chi connectivity index (χ1) is 9.08. The predicted molar refractivity (Wildman–Crippen MR) is 72.3 cm³/mol. The van der Waals surface area contributed by atoms with Crippen LogP contribution in [0.3, 0.4) is 0 Å². The van der Waals surface area contributed by atoms with Crippen molar-refractivity contribution in [3.05, 3.63) is 24.1 Å². The molecule has 19 heavy (non-hydrogen) atoms. The first-order valence-electron chi connectivity index (χ1n) is 6.77. The van der Waals surface area contributed by atoms with Crippen LogP contribution >= 0.6 is 0 Å². The number of likely N-dealkylation sites (tertiary alicyclic amines) is 1. The lowest BCUT2D eigenvalue weighted by Crippen LogP contribution is -2.48. The lowest BCUT2D eigenvalue weighted by Gasteiger charge is -2.35. The third-order valence-electron chi connectivity index (χ3n) is 3.54. The Labute approximate surface area is 113 Å². The smallest absolute Gasteiger partial charge is 0.245 e. The Bertz CT molecular complexity index is 452. The van der Waals surface area contributed by atoms with E-state index in [9.17, 15) is 9.18 Å². The highest BCUT2D eigenvalue weighted by Crippen LogP contribution is 2.18. The molecular formula is C14H20FN3O. The van der Waals surface area contributed by atoms with Gasteiger partial charge in [-0.2, -0.15) is 4.39 Å². The molecule has 2 heterocycles. The summed E-state index contributed by atoms with van der Waals surface area (Å²) >= 11 is 0. The molecule has 104 valence electrons. The zero-order chi connectivity index (χ0) is 13.8. The average molecular weight is 265 g/mol. The number of carbonyl (C=O) groups excluding carboxylic acids is 1. The zero-order valence-electron chi connectivity index (χ0n) is 11.4. The van der Waals surface area contributed by atoms with E-state index in [-0.39, 0.29) is 11.9 Å². The maximum Gasteiger partial charge on any atom is 0.245 e. The molecule has 1 fully saturated rings. The topological polar surface area (TPSA) is 45.2 Å². The van der Waals surface area contributed by atoms with Gasteiger partial charge in [0.25, 0.3) is 0 Å². The number of carbonyl (C=O) groups is 1. The number of hydrogen-bond donors (Lipinski definition) is 1. The minimum Gasteiger partial charge on any atom is -0.359 e. The summed E-state index contributed by atoms with van der Waals surface area (Å²) in [5, 5.41) is 2.96. The zero-order valence-corrected chi connectivity index (χ0v) is 11.4. The summed E-state index contributed by atoms with van der Waals surface area (Å²) in [5.41, 5.74) is 0. The molecule has 1 N–H and O–H groups in total. The molecule has 0 bridgehead atoms. The third-order valence-corrected chi connectivity index (χ3v) is 3.54. The number of piperidine rings is 1. The molecule has 2 rings (SSSR count). The monoisotopic (exact) mass is 265 g/mol. The fourth-order valence-corrected chi connectivity index (χ4v) is 2.45. The Morgan fingerprint density at radius 2 is 2.32 bits per heavy atom. The van der Waals surface area contributed by atoms with Crippen LogP contribution in [0.5, 0.6) is 0 Å². The largest absolute Gasteiger partial charge is 0.359 e. The summed E-state index contributed by atoms with van der Waals surface area (Å²) in [6, 6.07) is 4.41. The van der Waals surface area contributed by atoms with Crippen LogP contribution in [0.2, 0.25) is 0 Å². The van der Waals surface area contributed by atoms with Crippen molar-refractivity contribution in [3.8, 4) is 0 Å². The van der Waals surface area contributed by atoms with Crippen LogP contribution in [-0.2, 0) is 4.79 Å². The first-order valence-corrected chi connectivity index (χ1v) is 6.77. The Hall–Kier alpha value is -1.65. The number of amides is 1. The van der Waals surface area contributed by atoms with Crippen molar-refractivity contribution in [1.82, 2.24) is 9.88 Å². The van der Waals surface area contributed by atoms with Gasteiger partial charge in [-0.1, -0.05) is 6.07 Å². The molecule has 0 unspecified atom stereocenters. The molecule has 0 radical (unpaired) electrons. The van der Waals surface area contributed by atoms with Crippen molar-refractivity contribution in [2.75, 3.05) is 11.9 Å². The van der Waals surface area contributed by atoms with E-state index < -0.39 is 12.0 Å². The number of anilines is 1. The van der Waals surface area contributed by atoms with E-state index in [0.29, 0.717) is 5.82 Å². The minimum absolute atomic E-state index is 0.0539. The number of pyridine rings is 1. The van der Waals surface area contributed by atoms with Crippen LogP contribution in [0, 0.1) is 5.95 Å². The van der Waals surface area contributed by atoms with Gasteiger partial charge in [0.1, 0.15) is 11.9 Å². The van der Waals surface area contributed by atoms with E-state index in [1.165, 1.54) is 12.5 Å². The van der Waals surface area contributed by atoms with Gasteiger partial charge in [0.05, 0.1) is 0 Å². The average Bonchev–Trinajstić information content (AvgIpc) is 2.38. The maximum atomic E-state index is 13.0. The van der Waals surface area contributed by atoms with Gasteiger partial charge in [-0.05, 0) is 45.2 Å². The summed E-state index contributed by atoms with van der Waals surface area (Å²) < 4.78 is 13.0. The van der Waals surface area contributed by atoms with Crippen molar-refractivity contribution in [2.24, 2.45) is 0 Å². The Kier molecular flexibility index (Phi) is 4.35. The number of nitrogens with one attached hydrogen (secondary N) is 1. The molecule has 0 spiro atoms. The second-order valence-corrected chi connectivity index (χ2v) is 5.09. The lowest BCUT2D eigenvalue weighted by atomic mass is 10.0. The molecule has 5 heteroatoms. The summed E-state index contributed by atoms with van der Waals surface area (Å²) in [6.45, 7) is 4.67. The van der Waals surface area contributed by atoms with Crippen molar-refractivity contribution in [1.29, 1.82) is 0 Å². The molecule has 0 aromatic carbocycles. The van der Waals surface area contributed by atoms with Crippen molar-refractivity contribution in [3.63, 3.8) is 0 Å². The van der Waals surface area contributed by atoms with Gasteiger partial charge in [0, 0.05) is 12.6 Å². The minimum atomic E-state index is -0.545. The van der Waals surface area contributed by atoms with Crippen LogP contribution < -0.4 is 5.32 Å². The summed E-state index contributed by atoms with van der Waals surface area (Å²) in [4.78, 5) is 18.0. The molecule has 1 aliphatic heterocycles. The normalized spacial score (nSPS) is 21.0. The maximum absolute atomic E-state index is 13.0. The van der Waals surface area contributed by atoms with E-state index in [0.717, 1.165) is 19.4 Å². The number of aromatic nitrogens is 1. The highest BCUT2D eigenvalue weighted by molar-refractivity contribution is 5.84. The van der Waals surface area contributed by atoms with Gasteiger partial charge < -0.3 is 10.2 Å². The van der Waals surface area contributed by atoms with Gasteiger partial charge in [0.15, 0.2) is 0 Å². The van der Waals surface area contributed by atoms with Gasteiger partial charge in [-0.15, -0.1) is 0 Å². The van der Waals surface area contributed by atoms with E-state index in [1.807, 2.05) is 4.90 Å². The lowest BCUT2D eigenvalue weighted by molar-refractivity contribution is -0.134. The first kappa shape index (κ1) is 13.8. The summed E-state index contributed by atoms with van der Waals surface area (Å²) in [5.74, 6) is -0.0974. The highest BCUT2D eigenvalue weighted by Gasteiger charge is 2.26. The molecule has 0 saturated carbocycles. The van der Waals surface area contributed by atoms with E-state index >= 15 is 0 Å². The second-order valence-electron chi connectivity index (χ2n) is 5.09. The number of rotatable bonds is 3. The second kappa shape index (κ2) is 5.99. The van der Waals surface area contributed by atoms with E-state index in [1.54, 1.807) is 19.1 Å². The molecule has 1 aromatic rings. The van der Waals surface area contributed by atoms with Crippen molar-refractivity contribution >= 4 is 11.7 Å². The van der Waals surface area contributed by atoms with Crippen LogP contribution in [0.4, 0.5) is 10.2 Å². The van der Waals surface area contributed by atoms with Crippen molar-refractivity contribution < 1.29 is 9.18 Å². The summed E-state index contributed by atoms with van der Waals surface area (Å²) in [7, 11) is 0. The highest BCUT2D eigenvalue weighted by atomic mass is 19.1. The van der Waals surface area contributed by atoms with Crippen molar-refractivity contribution in [2.45, 2.75) is 45.2 Å². The fourth-order valence-electron chi connectivity index (χ4n) is 2.45. The Morgan fingerprint density at radius 3 is 3.00 bits per heavy atom. The molecule has 4 nitrogen and oxygen atoms in total. The quantitative estimate of drug-likeness (QED) is 0.854. The van der Waals surface area contributed by atoms with E-state index in [2.05, 4.69) is 17.2 Å². The summed E-state index contributed by atoms with van der Waals surface area (Å²) in [6.07, 6.45) is 3.29. The number of nitrogens with zero attached hydrogens (tertiary/aromatic N) is 2. The van der Waals surface area contributed by atoms with E-state index in [4.69, 9.17) is 0 Å². The number of halogens is 1. The Balaban J connectivity index is 1.99. The van der Waals surface area contributed by atoms with Gasteiger partial charge in [-0.3, -0.25) is 4.79 Å². The Morgan fingerprint density at radius 1 is 1.53 bits per heavy atom. The van der Waals surface area contributed by atoms with Crippen LogP contribution in [-0.4, -0.2) is 34.4 Å². The molecule has 1 saturated heterocycles. The van der Waals surface area contributed by atoms with Crippen LogP contribution in [0.15, 0.2) is 18.2 Å². The van der Waals surface area contributed by atoms with Gasteiger partial charge in [-0.25, -0.2) is 4.98 Å².